The van der Waals surface area contributed by atoms with Crippen molar-refractivity contribution in [3.8, 4) is 5.75 Å². The van der Waals surface area contributed by atoms with E-state index in [4.69, 9.17) is 4.74 Å². The van der Waals surface area contributed by atoms with Gasteiger partial charge in [0.2, 0.25) is 5.91 Å². The summed E-state index contributed by atoms with van der Waals surface area (Å²) in [4.78, 5) is 11.4. The molecule has 5 atom stereocenters. The van der Waals surface area contributed by atoms with E-state index in [0.717, 1.165) is 25.0 Å². The number of hydrogen-bond acceptors (Lipinski definition) is 5. The number of amides is 1. The van der Waals surface area contributed by atoms with Crippen LogP contribution in [0.25, 0.3) is 0 Å². The maximum Gasteiger partial charge on any atom is 0.416 e. The number of carbonyl (C=O) groups is 1. The molecular weight excluding hydrogens is 463 g/mol. The summed E-state index contributed by atoms with van der Waals surface area (Å²) in [5.41, 5.74) is -0.835. The molecule has 1 aliphatic rings. The van der Waals surface area contributed by atoms with Crippen LogP contribution in [0, 0.1) is 11.8 Å². The summed E-state index contributed by atoms with van der Waals surface area (Å²) in [6, 6.07) is 4.41. The Hall–Kier alpha value is -2.36. The summed E-state index contributed by atoms with van der Waals surface area (Å²) in [7, 11) is 0. The van der Waals surface area contributed by atoms with Crippen molar-refractivity contribution in [3.05, 3.63) is 54.1 Å². The molecule has 0 saturated heterocycles. The van der Waals surface area contributed by atoms with E-state index < -0.39 is 30.1 Å². The van der Waals surface area contributed by atoms with E-state index in [1.807, 2.05) is 19.1 Å². The van der Waals surface area contributed by atoms with Gasteiger partial charge in [0, 0.05) is 25.3 Å². The van der Waals surface area contributed by atoms with E-state index in [9.17, 15) is 33.3 Å². The second kappa shape index (κ2) is 14.9. The standard InChI is InChI=1S/C25H34F3NO5.CH4/c1-2-29-24(33)11-6-4-3-5-10-20-21(23(32)15-22(20)31)13-12-18(30)16-34-19-9-7-8-17(14-19)25(26,27)28;/h3,5,7-9,12-14,18,20-23,30-32H,2,4,6,10-11,15-16H2,1H3,(H,29,33);1H4/b5-3-,13-12+;/t18-,20-,21+,22+,23-;/m1./s1. The maximum atomic E-state index is 12.8. The fraction of sp³-hybridized carbons (Fsp3) is 0.577. The van der Waals surface area contributed by atoms with Gasteiger partial charge in [-0.3, -0.25) is 4.79 Å². The van der Waals surface area contributed by atoms with Crippen molar-refractivity contribution in [1.29, 1.82) is 0 Å². The van der Waals surface area contributed by atoms with E-state index in [1.165, 1.54) is 18.2 Å². The molecule has 1 aliphatic carbocycles. The Balaban J connectivity index is 0.00000612. The van der Waals surface area contributed by atoms with Crippen molar-refractivity contribution in [2.24, 2.45) is 11.8 Å². The first kappa shape index (κ1) is 30.7. The minimum Gasteiger partial charge on any atom is -0.491 e. The van der Waals surface area contributed by atoms with Crippen LogP contribution in [0.3, 0.4) is 0 Å². The molecule has 0 bridgehead atoms. The van der Waals surface area contributed by atoms with Crippen LogP contribution >= 0.6 is 0 Å². The predicted molar refractivity (Wildman–Crippen MR) is 129 cm³/mol. The van der Waals surface area contributed by atoms with Crippen molar-refractivity contribution in [1.82, 2.24) is 5.32 Å². The number of hydrogen-bond donors (Lipinski definition) is 4. The topological polar surface area (TPSA) is 99.0 Å². The SMILES string of the molecule is C.CCNC(=O)CCC/C=C\C[C@@H]1[C@H](/C=C/[C@@H](O)COc2cccc(C(F)(F)F)c2)[C@H](O)C[C@@H]1O. The molecule has 6 nitrogen and oxygen atoms in total. The van der Waals surface area contributed by atoms with Crippen LogP contribution in [-0.4, -0.2) is 52.7 Å². The van der Waals surface area contributed by atoms with Gasteiger partial charge in [-0.05, 0) is 50.3 Å². The minimum absolute atomic E-state index is 0. The average Bonchev–Trinajstić information content (AvgIpc) is 3.05. The quantitative estimate of drug-likeness (QED) is 0.254. The van der Waals surface area contributed by atoms with Crippen LogP contribution in [0.4, 0.5) is 13.2 Å². The molecule has 9 heteroatoms. The van der Waals surface area contributed by atoms with Crippen molar-refractivity contribution in [2.75, 3.05) is 13.2 Å². The Morgan fingerprint density at radius 1 is 1.26 bits per heavy atom. The molecule has 35 heavy (non-hydrogen) atoms. The fourth-order valence-electron chi connectivity index (χ4n) is 4.00. The first-order valence-electron chi connectivity index (χ1n) is 11.6. The minimum atomic E-state index is -4.48. The summed E-state index contributed by atoms with van der Waals surface area (Å²) in [6.45, 7) is 2.23. The number of halogens is 3. The lowest BCUT2D eigenvalue weighted by molar-refractivity contribution is -0.137. The number of alkyl halides is 3. The van der Waals surface area contributed by atoms with Crippen LogP contribution in [-0.2, 0) is 11.0 Å². The third-order valence-electron chi connectivity index (χ3n) is 5.78. The van der Waals surface area contributed by atoms with Crippen molar-refractivity contribution < 1.29 is 38.0 Å². The van der Waals surface area contributed by atoms with Gasteiger partial charge in [-0.15, -0.1) is 0 Å². The summed E-state index contributed by atoms with van der Waals surface area (Å²) in [5.74, 6) is -0.597. The molecule has 0 aliphatic heterocycles. The number of benzene rings is 1. The average molecular weight is 502 g/mol. The van der Waals surface area contributed by atoms with E-state index in [2.05, 4.69) is 5.32 Å². The molecule has 0 heterocycles. The molecule has 1 saturated carbocycles. The first-order chi connectivity index (χ1) is 16.1. The third-order valence-corrected chi connectivity index (χ3v) is 5.78. The lowest BCUT2D eigenvalue weighted by Crippen LogP contribution is -2.22. The van der Waals surface area contributed by atoms with Gasteiger partial charge in [-0.25, -0.2) is 0 Å². The number of aliphatic hydroxyl groups is 3. The molecule has 1 aromatic rings. The summed E-state index contributed by atoms with van der Waals surface area (Å²) in [5, 5.41) is 33.5. The predicted octanol–water partition coefficient (Wildman–Crippen LogP) is 4.25. The first-order valence-corrected chi connectivity index (χ1v) is 11.6. The summed E-state index contributed by atoms with van der Waals surface area (Å²) in [6.07, 6.45) is 2.58. The van der Waals surface area contributed by atoms with Crippen LogP contribution in [0.5, 0.6) is 5.75 Å². The van der Waals surface area contributed by atoms with Crippen molar-refractivity contribution >= 4 is 5.91 Å². The molecule has 0 unspecified atom stereocenters. The molecule has 0 spiro atoms. The molecule has 0 aromatic heterocycles. The highest BCUT2D eigenvalue weighted by Crippen LogP contribution is 2.36. The Labute approximate surface area is 205 Å². The number of rotatable bonds is 12. The molecule has 198 valence electrons. The maximum absolute atomic E-state index is 12.8. The molecule has 1 aromatic carbocycles. The van der Waals surface area contributed by atoms with Gasteiger partial charge in [0.15, 0.2) is 0 Å². The van der Waals surface area contributed by atoms with Crippen molar-refractivity contribution in [2.45, 2.75) is 70.9 Å². The van der Waals surface area contributed by atoms with E-state index in [0.29, 0.717) is 19.4 Å². The zero-order valence-corrected chi connectivity index (χ0v) is 19.2. The highest BCUT2D eigenvalue weighted by Gasteiger charge is 2.39. The second-order valence-electron chi connectivity index (χ2n) is 8.45. The van der Waals surface area contributed by atoms with E-state index in [-0.39, 0.29) is 43.9 Å². The smallest absolute Gasteiger partial charge is 0.416 e. The fourth-order valence-corrected chi connectivity index (χ4v) is 4.00. The number of carbonyl (C=O) groups excluding carboxylic acids is 1. The Morgan fingerprint density at radius 2 is 2.00 bits per heavy atom. The van der Waals surface area contributed by atoms with Gasteiger partial charge < -0.3 is 25.4 Å². The number of aliphatic hydroxyl groups excluding tert-OH is 3. The van der Waals surface area contributed by atoms with Crippen LogP contribution in [0.15, 0.2) is 48.6 Å². The number of ether oxygens (including phenoxy) is 1. The Bertz CT molecular complexity index is 827. The Kier molecular flexibility index (Phi) is 13.1. The van der Waals surface area contributed by atoms with Gasteiger partial charge in [0.05, 0.1) is 17.8 Å². The molecular formula is C26H38F3NO5. The zero-order valence-electron chi connectivity index (χ0n) is 19.2. The summed E-state index contributed by atoms with van der Waals surface area (Å²) >= 11 is 0. The van der Waals surface area contributed by atoms with Crippen LogP contribution in [0.1, 0.15) is 52.0 Å². The normalized spacial score (nSPS) is 23.4. The van der Waals surface area contributed by atoms with Gasteiger partial charge in [0.1, 0.15) is 18.5 Å². The highest BCUT2D eigenvalue weighted by molar-refractivity contribution is 5.75. The van der Waals surface area contributed by atoms with E-state index >= 15 is 0 Å². The number of unbranched alkanes of at least 4 members (excludes halogenated alkanes) is 1. The second-order valence-corrected chi connectivity index (χ2v) is 8.45. The number of allylic oxidation sites excluding steroid dienone is 2. The van der Waals surface area contributed by atoms with Gasteiger partial charge >= 0.3 is 6.18 Å². The van der Waals surface area contributed by atoms with Crippen LogP contribution < -0.4 is 10.1 Å². The van der Waals surface area contributed by atoms with Crippen LogP contribution in [0.2, 0.25) is 0 Å². The molecule has 0 radical (unpaired) electrons. The lowest BCUT2D eigenvalue weighted by Gasteiger charge is -2.19. The largest absolute Gasteiger partial charge is 0.491 e. The third kappa shape index (κ3) is 10.4. The van der Waals surface area contributed by atoms with Gasteiger partial charge in [0.25, 0.3) is 0 Å². The lowest BCUT2D eigenvalue weighted by atomic mass is 9.89. The zero-order chi connectivity index (χ0) is 25.1. The number of nitrogens with one attached hydrogen (secondary N) is 1. The monoisotopic (exact) mass is 501 g/mol. The van der Waals surface area contributed by atoms with Gasteiger partial charge in [-0.2, -0.15) is 13.2 Å². The molecule has 4 N–H and O–H groups in total. The Morgan fingerprint density at radius 3 is 2.69 bits per heavy atom. The highest BCUT2D eigenvalue weighted by atomic mass is 19.4. The van der Waals surface area contributed by atoms with Crippen molar-refractivity contribution in [3.63, 3.8) is 0 Å². The summed E-state index contributed by atoms with van der Waals surface area (Å²) < 4.78 is 43.7. The van der Waals surface area contributed by atoms with Gasteiger partial charge in [-0.1, -0.05) is 37.8 Å². The van der Waals surface area contributed by atoms with E-state index in [1.54, 1.807) is 6.08 Å². The molecule has 1 amide bonds. The molecule has 1 fully saturated rings. The molecule has 2 rings (SSSR count).